The molecule has 1 N–H and O–H groups in total. The molecular weight excluding hydrogens is 526 g/mol. The molecule has 0 radical (unpaired) electrons. The third-order valence-electron chi connectivity index (χ3n) is 4.21. The van der Waals surface area contributed by atoms with Crippen LogP contribution in [-0.2, 0) is 17.4 Å². The van der Waals surface area contributed by atoms with Crippen LogP contribution in [0.5, 0.6) is 17.4 Å². The monoisotopic (exact) mass is 538 g/mol. The average Bonchev–Trinajstić information content (AvgIpc) is 2.74. The summed E-state index contributed by atoms with van der Waals surface area (Å²) < 4.78 is 97.3. The lowest BCUT2D eigenvalue weighted by Gasteiger charge is -2.15. The van der Waals surface area contributed by atoms with Crippen molar-refractivity contribution >= 4 is 34.4 Å². The van der Waals surface area contributed by atoms with E-state index in [0.717, 1.165) is 18.2 Å². The lowest BCUT2D eigenvalue weighted by Crippen LogP contribution is -2.17. The van der Waals surface area contributed by atoms with E-state index >= 15 is 0 Å². The highest BCUT2D eigenvalue weighted by Gasteiger charge is 2.34. The third-order valence-corrected chi connectivity index (χ3v) is 5.44. The first kappa shape index (κ1) is 26.4. The van der Waals surface area contributed by atoms with Gasteiger partial charge >= 0.3 is 12.5 Å². The summed E-state index contributed by atoms with van der Waals surface area (Å²) in [7, 11) is 0. The van der Waals surface area contributed by atoms with Gasteiger partial charge in [-0.05, 0) is 53.6 Å². The van der Waals surface area contributed by atoms with Gasteiger partial charge in [0.15, 0.2) is 4.90 Å². The summed E-state index contributed by atoms with van der Waals surface area (Å²) in [5.74, 6) is -2.58. The Bertz CT molecular complexity index is 1220. The topological polar surface area (TPSA) is 83.5 Å². The molecule has 0 aliphatic heterocycles. The van der Waals surface area contributed by atoms with E-state index in [1.165, 1.54) is 30.5 Å². The zero-order valence-electron chi connectivity index (χ0n) is 17.3. The van der Waals surface area contributed by atoms with E-state index in [1.54, 1.807) is 0 Å². The van der Waals surface area contributed by atoms with Gasteiger partial charge in [0.2, 0.25) is 5.88 Å². The normalized spacial score (nSPS) is 12.7. The first-order valence-corrected chi connectivity index (χ1v) is 11.2. The van der Waals surface area contributed by atoms with Crippen molar-refractivity contribution in [2.45, 2.75) is 17.4 Å². The second-order valence-corrected chi connectivity index (χ2v) is 8.54. The van der Waals surface area contributed by atoms with Crippen LogP contribution in [0, 0.1) is 0 Å². The second-order valence-electron chi connectivity index (χ2n) is 6.75. The number of nitrogens with zero attached hydrogens (tertiary/aromatic N) is 1. The highest BCUT2D eigenvalue weighted by molar-refractivity contribution is 7.90. The van der Waals surface area contributed by atoms with Gasteiger partial charge < -0.3 is 19.3 Å². The molecule has 6 nitrogen and oxygen atoms in total. The fourth-order valence-electron chi connectivity index (χ4n) is 2.65. The van der Waals surface area contributed by atoms with Gasteiger partial charge in [-0.15, -0.1) is 13.2 Å². The van der Waals surface area contributed by atoms with E-state index in [-0.39, 0.29) is 16.5 Å². The van der Waals surface area contributed by atoms with Crippen LogP contribution in [-0.4, -0.2) is 28.1 Å². The molecule has 3 rings (SSSR count). The molecule has 186 valence electrons. The van der Waals surface area contributed by atoms with E-state index < -0.39 is 52.4 Å². The van der Waals surface area contributed by atoms with Crippen LogP contribution < -0.4 is 14.8 Å². The van der Waals surface area contributed by atoms with Gasteiger partial charge in [-0.2, -0.15) is 13.2 Å². The van der Waals surface area contributed by atoms with E-state index in [0.29, 0.717) is 17.2 Å². The number of rotatable bonds is 6. The predicted octanol–water partition coefficient (Wildman–Crippen LogP) is 6.43. The molecule has 3 aromatic rings. The minimum atomic E-state index is -4.98. The van der Waals surface area contributed by atoms with Crippen molar-refractivity contribution in [3.8, 4) is 17.4 Å². The molecule has 1 aromatic heterocycles. The number of halogens is 7. The van der Waals surface area contributed by atoms with Crippen molar-refractivity contribution < 1.29 is 45.2 Å². The number of hydrogen-bond acceptors (Lipinski definition) is 5. The number of hydrogen-bond donors (Lipinski definition) is 1. The Labute approximate surface area is 202 Å². The number of pyridine rings is 1. The predicted molar refractivity (Wildman–Crippen MR) is 114 cm³/mol. The van der Waals surface area contributed by atoms with Crippen LogP contribution in [0.3, 0.4) is 0 Å². The molecule has 0 aliphatic carbocycles. The third kappa shape index (κ3) is 7.16. The van der Waals surface area contributed by atoms with E-state index in [9.17, 15) is 35.7 Å². The molecule has 0 saturated heterocycles. The molecule has 1 atom stereocenters. The van der Waals surface area contributed by atoms with Crippen LogP contribution in [0.1, 0.15) is 15.9 Å². The summed E-state index contributed by atoms with van der Waals surface area (Å²) in [6, 6.07) is 8.80. The molecule has 0 bridgehead atoms. The zero-order chi connectivity index (χ0) is 26.0. The Hall–Kier alpha value is -3.16. The summed E-state index contributed by atoms with van der Waals surface area (Å²) >= 11 is 4.62. The highest BCUT2D eigenvalue weighted by Crippen LogP contribution is 2.37. The molecule has 0 saturated carbocycles. The zero-order valence-corrected chi connectivity index (χ0v) is 18.9. The van der Waals surface area contributed by atoms with Crippen LogP contribution in [0.25, 0.3) is 0 Å². The Morgan fingerprint density at radius 3 is 2.26 bits per heavy atom. The van der Waals surface area contributed by atoms with Crippen molar-refractivity contribution in [2.75, 3.05) is 11.6 Å². The maximum absolute atomic E-state index is 13.2. The summed E-state index contributed by atoms with van der Waals surface area (Å²) in [5, 5.41) is 1.99. The molecule has 1 amide bonds. The number of carbonyl (C=O) groups is 1. The van der Waals surface area contributed by atoms with Crippen LogP contribution in [0.15, 0.2) is 59.6 Å². The van der Waals surface area contributed by atoms with Crippen molar-refractivity contribution in [2.24, 2.45) is 0 Å². The fourth-order valence-corrected chi connectivity index (χ4v) is 3.37. The van der Waals surface area contributed by atoms with Crippen molar-refractivity contribution in [1.29, 1.82) is 0 Å². The number of ether oxygens (including phenoxy) is 2. The summed E-state index contributed by atoms with van der Waals surface area (Å²) in [5.41, 5.74) is -1.69. The summed E-state index contributed by atoms with van der Waals surface area (Å²) in [6.07, 6.45) is -7.94. The number of benzene rings is 2. The second kappa shape index (κ2) is 10.2. The molecule has 0 fully saturated rings. The number of nitrogens with one attached hydrogen (secondary N) is 1. The Balaban J connectivity index is 1.92. The number of alkyl halides is 6. The molecule has 2 aromatic carbocycles. The standard InChI is InChI=1S/C21H13ClF6N2O4S/c1-35(32)14-5-2-12(3-6-14)30-18(31)15-8-11(20(23,24)25)10-29-19(15)33-17-7-4-13(9-16(17)22)34-21(26,27)28/h2-10H,1H3,(H,30,31). The van der Waals surface area contributed by atoms with Gasteiger partial charge in [-0.1, -0.05) is 11.6 Å². The van der Waals surface area contributed by atoms with Gasteiger partial charge in [-0.25, -0.2) is 4.98 Å². The van der Waals surface area contributed by atoms with E-state index in [1.807, 2.05) is 0 Å². The summed E-state index contributed by atoms with van der Waals surface area (Å²) in [4.78, 5) is 16.8. The minimum absolute atomic E-state index is 0.180. The number of anilines is 1. The van der Waals surface area contributed by atoms with Crippen LogP contribution in [0.4, 0.5) is 32.0 Å². The quantitative estimate of drug-likeness (QED) is 0.289. The Kier molecular flexibility index (Phi) is 7.72. The average molecular weight is 539 g/mol. The number of amides is 1. The van der Waals surface area contributed by atoms with Crippen molar-refractivity contribution in [3.05, 3.63) is 70.9 Å². The van der Waals surface area contributed by atoms with Gasteiger partial charge in [0.25, 0.3) is 5.91 Å². The van der Waals surface area contributed by atoms with Crippen LogP contribution in [0.2, 0.25) is 5.02 Å². The van der Waals surface area contributed by atoms with Crippen molar-refractivity contribution in [1.82, 2.24) is 4.98 Å². The largest absolute Gasteiger partial charge is 0.612 e. The molecule has 0 aliphatic rings. The van der Waals surface area contributed by atoms with Crippen LogP contribution >= 0.6 is 11.6 Å². The Morgan fingerprint density at radius 1 is 1.06 bits per heavy atom. The van der Waals surface area contributed by atoms with Gasteiger partial charge in [0, 0.05) is 18.0 Å². The molecule has 1 heterocycles. The van der Waals surface area contributed by atoms with Gasteiger partial charge in [-0.3, -0.25) is 4.79 Å². The highest BCUT2D eigenvalue weighted by atomic mass is 35.5. The van der Waals surface area contributed by atoms with E-state index in [2.05, 4.69) is 15.0 Å². The smallest absolute Gasteiger partial charge is 0.573 e. The maximum atomic E-state index is 13.2. The lowest BCUT2D eigenvalue weighted by atomic mass is 10.1. The molecule has 1 unspecified atom stereocenters. The van der Waals surface area contributed by atoms with Crippen molar-refractivity contribution in [3.63, 3.8) is 0 Å². The Morgan fingerprint density at radius 2 is 1.71 bits per heavy atom. The lowest BCUT2D eigenvalue weighted by molar-refractivity contribution is -0.274. The summed E-state index contributed by atoms with van der Waals surface area (Å²) in [6.45, 7) is 0. The fraction of sp³-hybridized carbons (Fsp3) is 0.143. The molecule has 14 heteroatoms. The number of aromatic nitrogens is 1. The van der Waals surface area contributed by atoms with Gasteiger partial charge in [0.1, 0.15) is 23.3 Å². The van der Waals surface area contributed by atoms with Gasteiger partial charge in [0.05, 0.1) is 10.6 Å². The maximum Gasteiger partial charge on any atom is 0.573 e. The SMILES string of the molecule is C[S+]([O-])c1ccc(NC(=O)c2cc(C(F)(F)F)cnc2Oc2ccc(OC(F)(F)F)cc2Cl)cc1. The number of carbonyl (C=O) groups excluding carboxylic acids is 1. The molecule has 0 spiro atoms. The minimum Gasteiger partial charge on any atom is -0.612 e. The first-order valence-electron chi connectivity index (χ1n) is 9.28. The molecule has 35 heavy (non-hydrogen) atoms. The first-order chi connectivity index (χ1) is 16.2. The molecular formula is C21H13ClF6N2O4S. The van der Waals surface area contributed by atoms with E-state index in [4.69, 9.17) is 16.3 Å².